The number of anilines is 2. The number of amides is 2. The van der Waals surface area contributed by atoms with Crippen LogP contribution in [0.2, 0.25) is 0 Å². The van der Waals surface area contributed by atoms with E-state index in [4.69, 9.17) is 4.74 Å². The lowest BCUT2D eigenvalue weighted by molar-refractivity contribution is 0.0683. The number of carbonyl (C=O) groups excluding carboxylic acids is 2. The van der Waals surface area contributed by atoms with Gasteiger partial charge in [-0.25, -0.2) is 9.78 Å². The van der Waals surface area contributed by atoms with Gasteiger partial charge in [0, 0.05) is 37.7 Å². The first-order valence-electron chi connectivity index (χ1n) is 11.2. The molecule has 2 aromatic heterocycles. The maximum atomic E-state index is 12.6. The zero-order valence-electron chi connectivity index (χ0n) is 18.8. The van der Waals surface area contributed by atoms with Gasteiger partial charge >= 0.3 is 6.09 Å². The number of aromatic nitrogens is 3. The molecule has 9 heteroatoms. The summed E-state index contributed by atoms with van der Waals surface area (Å²) in [4.78, 5) is 41.4. The highest BCUT2D eigenvalue weighted by Gasteiger charge is 2.37. The summed E-state index contributed by atoms with van der Waals surface area (Å²) >= 11 is 0. The molecule has 4 heterocycles. The Kier molecular flexibility index (Phi) is 6.53. The second-order valence-electron chi connectivity index (χ2n) is 8.80. The molecule has 0 aliphatic carbocycles. The first kappa shape index (κ1) is 22.0. The van der Waals surface area contributed by atoms with Crippen molar-refractivity contribution in [2.75, 3.05) is 29.9 Å². The number of hydrogen-bond acceptors (Lipinski definition) is 7. The molecule has 2 aliphatic rings. The van der Waals surface area contributed by atoms with Crippen LogP contribution in [-0.2, 0) is 4.74 Å². The van der Waals surface area contributed by atoms with Crippen molar-refractivity contribution in [1.29, 1.82) is 0 Å². The van der Waals surface area contributed by atoms with Gasteiger partial charge in [-0.05, 0) is 49.8 Å². The molecule has 2 saturated heterocycles. The second kappa shape index (κ2) is 9.50. The van der Waals surface area contributed by atoms with Crippen LogP contribution >= 0.6 is 0 Å². The van der Waals surface area contributed by atoms with Crippen molar-refractivity contribution in [2.45, 2.75) is 45.7 Å². The lowest BCUT2D eigenvalue weighted by Crippen LogP contribution is -2.42. The van der Waals surface area contributed by atoms with Crippen LogP contribution in [0.1, 0.15) is 44.0 Å². The van der Waals surface area contributed by atoms with Crippen LogP contribution in [0.5, 0.6) is 0 Å². The van der Waals surface area contributed by atoms with E-state index in [0.717, 1.165) is 12.8 Å². The Morgan fingerprint density at radius 2 is 1.97 bits per heavy atom. The number of hydrogen-bond donors (Lipinski definition) is 1. The van der Waals surface area contributed by atoms with Crippen LogP contribution in [0.15, 0.2) is 36.8 Å². The van der Waals surface area contributed by atoms with Crippen LogP contribution in [-0.4, -0.2) is 63.6 Å². The summed E-state index contributed by atoms with van der Waals surface area (Å²) in [6.07, 6.45) is 6.37. The first-order valence-corrected chi connectivity index (χ1v) is 11.2. The first-order chi connectivity index (χ1) is 15.4. The normalized spacial score (nSPS) is 20.4. The molecule has 1 N–H and O–H groups in total. The number of rotatable bonds is 6. The molecule has 0 bridgehead atoms. The van der Waals surface area contributed by atoms with E-state index >= 15 is 0 Å². The molecule has 0 spiro atoms. The summed E-state index contributed by atoms with van der Waals surface area (Å²) in [6, 6.07) is 5.42. The zero-order valence-corrected chi connectivity index (χ0v) is 18.8. The largest absolute Gasteiger partial charge is 0.447 e. The van der Waals surface area contributed by atoms with Gasteiger partial charge in [-0.15, -0.1) is 0 Å². The smallest absolute Gasteiger partial charge is 0.415 e. The maximum absolute atomic E-state index is 12.6. The van der Waals surface area contributed by atoms with Gasteiger partial charge in [0.1, 0.15) is 12.4 Å². The van der Waals surface area contributed by atoms with Crippen LogP contribution in [0.4, 0.5) is 16.6 Å². The number of nitrogens with one attached hydrogen (secondary N) is 1. The van der Waals surface area contributed by atoms with Gasteiger partial charge in [0.05, 0.1) is 11.6 Å². The van der Waals surface area contributed by atoms with E-state index in [-0.39, 0.29) is 30.0 Å². The number of carbonyl (C=O) groups is 2. The predicted octanol–water partition coefficient (Wildman–Crippen LogP) is 3.21. The summed E-state index contributed by atoms with van der Waals surface area (Å²) in [6.45, 7) is 8.03. The Morgan fingerprint density at radius 1 is 1.19 bits per heavy atom. The maximum Gasteiger partial charge on any atom is 0.415 e. The third kappa shape index (κ3) is 4.66. The summed E-state index contributed by atoms with van der Waals surface area (Å²) in [5.74, 6) is 1.72. The fraction of sp³-hybridized carbons (Fsp3) is 0.522. The van der Waals surface area contributed by atoms with Crippen molar-refractivity contribution in [3.05, 3.63) is 42.4 Å². The minimum absolute atomic E-state index is 0.0328. The van der Waals surface area contributed by atoms with Crippen LogP contribution in [0.25, 0.3) is 0 Å². The molecule has 2 fully saturated rings. The van der Waals surface area contributed by atoms with E-state index < -0.39 is 0 Å². The molecule has 2 amide bonds. The molecule has 0 aromatic carbocycles. The molecule has 9 nitrogen and oxygen atoms in total. The van der Waals surface area contributed by atoms with Crippen molar-refractivity contribution >= 4 is 23.8 Å². The molecule has 2 atom stereocenters. The van der Waals surface area contributed by atoms with Gasteiger partial charge in [0.25, 0.3) is 5.91 Å². The highest BCUT2D eigenvalue weighted by Crippen LogP contribution is 2.27. The summed E-state index contributed by atoms with van der Waals surface area (Å²) in [5.41, 5.74) is 0.627. The van der Waals surface area contributed by atoms with Crippen molar-refractivity contribution < 1.29 is 14.3 Å². The molecule has 2 aliphatic heterocycles. The van der Waals surface area contributed by atoms with E-state index in [2.05, 4.69) is 41.0 Å². The van der Waals surface area contributed by atoms with Gasteiger partial charge in [-0.2, -0.15) is 4.98 Å². The molecule has 0 saturated carbocycles. The Hall–Kier alpha value is -3.23. The quantitative estimate of drug-likeness (QED) is 0.739. The topological polar surface area (TPSA) is 101 Å². The van der Waals surface area contributed by atoms with Crippen LogP contribution < -0.4 is 10.2 Å². The van der Waals surface area contributed by atoms with Gasteiger partial charge in [-0.3, -0.25) is 14.7 Å². The van der Waals surface area contributed by atoms with Gasteiger partial charge in [0.2, 0.25) is 5.95 Å². The minimum atomic E-state index is -0.368. The number of ether oxygens (including phenoxy) is 1. The van der Waals surface area contributed by atoms with Crippen molar-refractivity contribution in [3.63, 3.8) is 0 Å². The monoisotopic (exact) mass is 438 g/mol. The van der Waals surface area contributed by atoms with Crippen LogP contribution in [0, 0.1) is 11.8 Å². The summed E-state index contributed by atoms with van der Waals surface area (Å²) < 4.78 is 5.24. The standard InChI is InChI=1S/C23H30N6O3/c1-15(2)19-14-32-23(31)29(19)20-6-10-25-22(27-20)26-16(3)17-7-11-28(12-8-17)21(30)18-5-4-9-24-13-18/h4-6,9-10,13,15-17,19H,7-8,11-12,14H2,1-3H3,(H,25,26,27). The Bertz CT molecular complexity index is 946. The van der Waals surface area contributed by atoms with Gasteiger partial charge < -0.3 is 15.0 Å². The third-order valence-corrected chi connectivity index (χ3v) is 6.36. The third-order valence-electron chi connectivity index (χ3n) is 6.36. The summed E-state index contributed by atoms with van der Waals surface area (Å²) in [5, 5.41) is 3.40. The van der Waals surface area contributed by atoms with E-state index in [0.29, 0.717) is 42.9 Å². The number of cyclic esters (lactones) is 1. The minimum Gasteiger partial charge on any atom is -0.447 e. The average Bonchev–Trinajstić information content (AvgIpc) is 3.21. The molecule has 0 radical (unpaired) electrons. The number of likely N-dealkylation sites (tertiary alicyclic amines) is 1. The molecule has 2 unspecified atom stereocenters. The second-order valence-corrected chi connectivity index (χ2v) is 8.80. The number of nitrogens with zero attached hydrogens (tertiary/aromatic N) is 5. The van der Waals surface area contributed by atoms with Crippen LogP contribution in [0.3, 0.4) is 0 Å². The molecule has 170 valence electrons. The van der Waals surface area contributed by atoms with Crippen molar-refractivity contribution in [1.82, 2.24) is 19.9 Å². The zero-order chi connectivity index (χ0) is 22.7. The molecule has 4 rings (SSSR count). The fourth-order valence-corrected chi connectivity index (χ4v) is 4.34. The molecule has 2 aromatic rings. The molecular formula is C23H30N6O3. The lowest BCUT2D eigenvalue weighted by Gasteiger charge is -2.35. The van der Waals surface area contributed by atoms with E-state index in [9.17, 15) is 9.59 Å². The SMILES string of the molecule is CC(C)C1COC(=O)N1c1ccnc(NC(C)C2CCN(C(=O)c3cccnc3)CC2)n1. The lowest BCUT2D eigenvalue weighted by atomic mass is 9.90. The molecule has 32 heavy (non-hydrogen) atoms. The number of pyridine rings is 1. The average molecular weight is 439 g/mol. The Morgan fingerprint density at radius 3 is 2.66 bits per heavy atom. The van der Waals surface area contributed by atoms with E-state index in [1.54, 1.807) is 41.7 Å². The highest BCUT2D eigenvalue weighted by molar-refractivity contribution is 5.94. The summed E-state index contributed by atoms with van der Waals surface area (Å²) in [7, 11) is 0. The van der Waals surface area contributed by atoms with E-state index in [1.165, 1.54) is 0 Å². The van der Waals surface area contributed by atoms with Crippen molar-refractivity contribution in [2.24, 2.45) is 11.8 Å². The molecular weight excluding hydrogens is 408 g/mol. The van der Waals surface area contributed by atoms with Crippen molar-refractivity contribution in [3.8, 4) is 0 Å². The Balaban J connectivity index is 1.36. The fourth-order valence-electron chi connectivity index (χ4n) is 4.34. The Labute approximate surface area is 188 Å². The number of piperidine rings is 1. The predicted molar refractivity (Wildman–Crippen MR) is 120 cm³/mol. The van der Waals surface area contributed by atoms with Gasteiger partial charge in [0.15, 0.2) is 0 Å². The van der Waals surface area contributed by atoms with Gasteiger partial charge in [-0.1, -0.05) is 13.8 Å². The highest BCUT2D eigenvalue weighted by atomic mass is 16.6. The van der Waals surface area contributed by atoms with E-state index in [1.807, 2.05) is 4.90 Å².